The van der Waals surface area contributed by atoms with Crippen molar-refractivity contribution < 1.29 is 9.90 Å². The SMILES string of the molecule is CCNC(=NCC1(C(=O)N(C)C)CCCC1)NCCCN1CCC(O)CC1.I. The van der Waals surface area contributed by atoms with Gasteiger partial charge in [0.1, 0.15) is 0 Å². The van der Waals surface area contributed by atoms with Gasteiger partial charge in [0, 0.05) is 40.3 Å². The van der Waals surface area contributed by atoms with Gasteiger partial charge >= 0.3 is 0 Å². The molecule has 0 aromatic carbocycles. The van der Waals surface area contributed by atoms with Crippen LogP contribution in [0.15, 0.2) is 4.99 Å². The Morgan fingerprint density at radius 2 is 1.86 bits per heavy atom. The lowest BCUT2D eigenvalue weighted by atomic mass is 9.85. The molecule has 0 spiro atoms. The lowest BCUT2D eigenvalue weighted by molar-refractivity contribution is -0.138. The summed E-state index contributed by atoms with van der Waals surface area (Å²) < 4.78 is 0. The normalized spacial score (nSPS) is 20.5. The second kappa shape index (κ2) is 12.8. The molecule has 1 amide bonds. The molecule has 0 unspecified atom stereocenters. The molecule has 0 aromatic heterocycles. The van der Waals surface area contributed by atoms with Crippen molar-refractivity contribution in [1.82, 2.24) is 20.4 Å². The van der Waals surface area contributed by atoms with Gasteiger partial charge in [-0.05, 0) is 45.6 Å². The van der Waals surface area contributed by atoms with Gasteiger partial charge in [0.25, 0.3) is 0 Å². The van der Waals surface area contributed by atoms with Gasteiger partial charge < -0.3 is 25.5 Å². The van der Waals surface area contributed by atoms with Crippen LogP contribution in [-0.4, -0.2) is 86.2 Å². The Morgan fingerprint density at radius 3 is 2.43 bits per heavy atom. The lowest BCUT2D eigenvalue weighted by Crippen LogP contribution is -2.43. The molecule has 164 valence electrons. The molecule has 0 radical (unpaired) electrons. The third-order valence-electron chi connectivity index (χ3n) is 5.81. The molecule has 28 heavy (non-hydrogen) atoms. The van der Waals surface area contributed by atoms with Crippen LogP contribution >= 0.6 is 24.0 Å². The molecule has 2 fully saturated rings. The number of carbonyl (C=O) groups is 1. The summed E-state index contributed by atoms with van der Waals surface area (Å²) in [6.45, 7) is 7.32. The number of nitrogens with zero attached hydrogens (tertiary/aromatic N) is 3. The van der Waals surface area contributed by atoms with Gasteiger partial charge in [-0.1, -0.05) is 12.8 Å². The molecule has 0 aromatic rings. The largest absolute Gasteiger partial charge is 0.393 e. The Balaban J connectivity index is 0.00000392. The molecule has 3 N–H and O–H groups in total. The highest BCUT2D eigenvalue weighted by atomic mass is 127. The van der Waals surface area contributed by atoms with Crippen LogP contribution < -0.4 is 10.6 Å². The van der Waals surface area contributed by atoms with E-state index >= 15 is 0 Å². The highest BCUT2D eigenvalue weighted by Crippen LogP contribution is 2.39. The minimum absolute atomic E-state index is 0. The molecular formula is C20H40IN5O2. The topological polar surface area (TPSA) is 80.2 Å². The molecule has 0 atom stereocenters. The fourth-order valence-corrected chi connectivity index (χ4v) is 4.19. The van der Waals surface area contributed by atoms with Crippen molar-refractivity contribution in [2.75, 3.05) is 53.4 Å². The van der Waals surface area contributed by atoms with E-state index in [1.54, 1.807) is 4.90 Å². The highest BCUT2D eigenvalue weighted by molar-refractivity contribution is 14.0. The number of nitrogens with one attached hydrogen (secondary N) is 2. The number of rotatable bonds is 8. The maximum atomic E-state index is 12.7. The second-order valence-electron chi connectivity index (χ2n) is 8.24. The molecule has 1 saturated heterocycles. The number of aliphatic imine (C=N–C) groups is 1. The summed E-state index contributed by atoms with van der Waals surface area (Å²) in [4.78, 5) is 21.6. The molecule has 1 saturated carbocycles. The van der Waals surface area contributed by atoms with Crippen LogP contribution in [0.25, 0.3) is 0 Å². The van der Waals surface area contributed by atoms with E-state index in [1.165, 1.54) is 0 Å². The van der Waals surface area contributed by atoms with Crippen molar-refractivity contribution in [1.29, 1.82) is 0 Å². The van der Waals surface area contributed by atoms with Gasteiger partial charge in [-0.25, -0.2) is 0 Å². The number of aliphatic hydroxyl groups excluding tert-OH is 1. The first kappa shape index (κ1) is 25.4. The molecule has 1 aliphatic carbocycles. The van der Waals surface area contributed by atoms with Crippen molar-refractivity contribution in [2.24, 2.45) is 10.4 Å². The van der Waals surface area contributed by atoms with Gasteiger partial charge in [0.2, 0.25) is 5.91 Å². The van der Waals surface area contributed by atoms with Crippen LogP contribution in [0.5, 0.6) is 0 Å². The molecule has 7 nitrogen and oxygen atoms in total. The monoisotopic (exact) mass is 509 g/mol. The number of likely N-dealkylation sites (tertiary alicyclic amines) is 1. The van der Waals surface area contributed by atoms with Gasteiger partial charge in [-0.2, -0.15) is 0 Å². The summed E-state index contributed by atoms with van der Waals surface area (Å²) >= 11 is 0. The van der Waals surface area contributed by atoms with Crippen molar-refractivity contribution in [3.05, 3.63) is 0 Å². The van der Waals surface area contributed by atoms with Crippen molar-refractivity contribution >= 4 is 35.8 Å². The van der Waals surface area contributed by atoms with Gasteiger partial charge in [-0.15, -0.1) is 24.0 Å². The van der Waals surface area contributed by atoms with Crippen LogP contribution in [0, 0.1) is 5.41 Å². The zero-order valence-corrected chi connectivity index (χ0v) is 20.2. The Hall–Kier alpha value is -0.610. The Kier molecular flexibility index (Phi) is 11.7. The predicted octanol–water partition coefficient (Wildman–Crippen LogP) is 1.65. The third kappa shape index (κ3) is 7.67. The van der Waals surface area contributed by atoms with Crippen LogP contribution in [0.3, 0.4) is 0 Å². The lowest BCUT2D eigenvalue weighted by Gasteiger charge is -2.30. The minimum atomic E-state index is -0.319. The number of piperidine rings is 1. The summed E-state index contributed by atoms with van der Waals surface area (Å²) in [6.07, 6.45) is 6.82. The van der Waals surface area contributed by atoms with Gasteiger partial charge in [0.15, 0.2) is 5.96 Å². The van der Waals surface area contributed by atoms with E-state index in [0.29, 0.717) is 6.54 Å². The minimum Gasteiger partial charge on any atom is -0.393 e. The fraction of sp³-hybridized carbons (Fsp3) is 0.900. The van der Waals surface area contributed by atoms with Gasteiger partial charge in [0.05, 0.1) is 18.1 Å². The molecule has 0 bridgehead atoms. The first-order valence-corrected chi connectivity index (χ1v) is 10.6. The number of hydrogen-bond acceptors (Lipinski definition) is 4. The molecule has 2 rings (SSSR count). The van der Waals surface area contributed by atoms with Crippen molar-refractivity contribution in [3.8, 4) is 0 Å². The fourth-order valence-electron chi connectivity index (χ4n) is 4.19. The number of amides is 1. The van der Waals surface area contributed by atoms with Crippen LogP contribution in [0.2, 0.25) is 0 Å². The van der Waals surface area contributed by atoms with E-state index in [1.807, 2.05) is 14.1 Å². The number of aliphatic hydroxyl groups is 1. The van der Waals surface area contributed by atoms with Crippen molar-refractivity contribution in [3.63, 3.8) is 0 Å². The quantitative estimate of drug-likeness (QED) is 0.201. The summed E-state index contributed by atoms with van der Waals surface area (Å²) in [5, 5.41) is 16.3. The van der Waals surface area contributed by atoms with E-state index in [0.717, 1.165) is 83.6 Å². The summed E-state index contributed by atoms with van der Waals surface area (Å²) in [5.41, 5.74) is -0.319. The van der Waals surface area contributed by atoms with Crippen molar-refractivity contribution in [2.45, 2.75) is 58.0 Å². The average Bonchev–Trinajstić information content (AvgIpc) is 3.14. The molecule has 1 heterocycles. The predicted molar refractivity (Wildman–Crippen MR) is 125 cm³/mol. The smallest absolute Gasteiger partial charge is 0.230 e. The van der Waals surface area contributed by atoms with E-state index in [4.69, 9.17) is 4.99 Å². The first-order valence-electron chi connectivity index (χ1n) is 10.6. The Morgan fingerprint density at radius 1 is 1.21 bits per heavy atom. The highest BCUT2D eigenvalue weighted by Gasteiger charge is 2.42. The molecule has 8 heteroatoms. The summed E-state index contributed by atoms with van der Waals surface area (Å²) in [7, 11) is 3.68. The zero-order valence-electron chi connectivity index (χ0n) is 17.9. The standard InChI is InChI=1S/C20H39N5O2.HI/c1-4-21-19(22-12-7-13-25-14-8-17(26)9-15-25)23-16-20(10-5-6-11-20)18(27)24(2)3;/h17,26H,4-16H2,1-3H3,(H2,21,22,23);1H. The molecular weight excluding hydrogens is 469 g/mol. The van der Waals surface area contributed by atoms with E-state index in [2.05, 4.69) is 22.5 Å². The third-order valence-corrected chi connectivity index (χ3v) is 5.81. The van der Waals surface area contributed by atoms with Crippen LogP contribution in [0.4, 0.5) is 0 Å². The second-order valence-corrected chi connectivity index (χ2v) is 8.24. The molecule has 2 aliphatic rings. The number of halogens is 1. The zero-order chi connectivity index (χ0) is 19.7. The first-order chi connectivity index (χ1) is 13.0. The maximum absolute atomic E-state index is 12.7. The molecule has 1 aliphatic heterocycles. The maximum Gasteiger partial charge on any atom is 0.230 e. The number of carbonyl (C=O) groups excluding carboxylic acids is 1. The Labute approximate surface area is 187 Å². The van der Waals surface area contributed by atoms with E-state index < -0.39 is 0 Å². The van der Waals surface area contributed by atoms with E-state index in [-0.39, 0.29) is 41.4 Å². The van der Waals surface area contributed by atoms with Crippen LogP contribution in [0.1, 0.15) is 51.9 Å². The van der Waals surface area contributed by atoms with E-state index in [9.17, 15) is 9.90 Å². The average molecular weight is 509 g/mol. The number of guanidine groups is 1. The number of hydrogen-bond donors (Lipinski definition) is 3. The Bertz CT molecular complexity index is 487. The van der Waals surface area contributed by atoms with Crippen LogP contribution in [-0.2, 0) is 4.79 Å². The van der Waals surface area contributed by atoms with Gasteiger partial charge in [-0.3, -0.25) is 9.79 Å². The summed E-state index contributed by atoms with van der Waals surface area (Å²) in [6, 6.07) is 0. The summed E-state index contributed by atoms with van der Waals surface area (Å²) in [5.74, 6) is 1.02.